The second kappa shape index (κ2) is 5.41. The molecule has 0 aliphatic carbocycles. The highest BCUT2D eigenvalue weighted by Crippen LogP contribution is 2.36. The number of benzene rings is 1. The Balaban J connectivity index is 2.28. The van der Waals surface area contributed by atoms with Gasteiger partial charge in [-0.15, -0.1) is 0 Å². The second-order valence-electron chi connectivity index (χ2n) is 5.92. The number of nitrogens with zero attached hydrogens (tertiary/aromatic N) is 2. The topological polar surface area (TPSA) is 75.3 Å². The highest BCUT2D eigenvalue weighted by molar-refractivity contribution is 5.74. The summed E-state index contributed by atoms with van der Waals surface area (Å²) in [6.45, 7) is 3.47. The Morgan fingerprint density at radius 2 is 2.13 bits per heavy atom. The molecule has 0 spiro atoms. The molecule has 0 saturated carbocycles. The molecule has 3 rings (SSSR count). The van der Waals surface area contributed by atoms with Gasteiger partial charge < -0.3 is 9.84 Å². The smallest absolute Gasteiger partial charge is 0.260 e. The van der Waals surface area contributed by atoms with E-state index in [2.05, 4.69) is 6.07 Å². The average molecular weight is 308 g/mol. The molecule has 1 aliphatic heterocycles. The number of aliphatic hydroxyl groups excluding tert-OH is 1. The second-order valence-corrected chi connectivity index (χ2v) is 5.92. The fraction of sp³-hybridized carbons (Fsp3) is 0.222. The summed E-state index contributed by atoms with van der Waals surface area (Å²) in [5.74, 6) is 0.618. The van der Waals surface area contributed by atoms with Gasteiger partial charge >= 0.3 is 0 Å². The summed E-state index contributed by atoms with van der Waals surface area (Å²) in [6.07, 6.45) is 3.50. The molecule has 116 valence electrons. The van der Waals surface area contributed by atoms with E-state index < -0.39 is 5.60 Å². The van der Waals surface area contributed by atoms with E-state index in [0.29, 0.717) is 28.1 Å². The third-order valence-corrected chi connectivity index (χ3v) is 3.70. The molecule has 0 fully saturated rings. The van der Waals surface area contributed by atoms with Gasteiger partial charge in [0.05, 0.1) is 23.9 Å². The van der Waals surface area contributed by atoms with Gasteiger partial charge in [0, 0.05) is 17.3 Å². The molecule has 0 unspecified atom stereocenters. The Morgan fingerprint density at radius 1 is 1.35 bits per heavy atom. The van der Waals surface area contributed by atoms with Crippen LogP contribution in [0.1, 0.15) is 30.5 Å². The quantitative estimate of drug-likeness (QED) is 0.923. The predicted octanol–water partition coefficient (Wildman–Crippen LogP) is 2.27. The van der Waals surface area contributed by atoms with Crippen LogP contribution in [0.2, 0.25) is 0 Å². The first kappa shape index (κ1) is 15.1. The highest BCUT2D eigenvalue weighted by Gasteiger charge is 2.28. The summed E-state index contributed by atoms with van der Waals surface area (Å²) in [7, 11) is 0. The summed E-state index contributed by atoms with van der Waals surface area (Å²) in [5, 5.41) is 18.4. The van der Waals surface area contributed by atoms with E-state index in [1.807, 2.05) is 19.9 Å². The van der Waals surface area contributed by atoms with Crippen molar-refractivity contribution in [2.75, 3.05) is 0 Å². The summed E-state index contributed by atoms with van der Waals surface area (Å²) in [6, 6.07) is 10.5. The number of hydrogen-bond donors (Lipinski definition) is 1. The minimum Gasteiger partial charge on any atom is -0.483 e. The maximum Gasteiger partial charge on any atom is 0.260 e. The number of fused-ring (bicyclic) bond motifs is 1. The zero-order chi connectivity index (χ0) is 16.6. The van der Waals surface area contributed by atoms with Crippen LogP contribution in [0.5, 0.6) is 5.75 Å². The number of aliphatic hydroxyl groups is 1. The lowest BCUT2D eigenvalue weighted by molar-refractivity contribution is 0.157. The van der Waals surface area contributed by atoms with Crippen LogP contribution in [0.15, 0.2) is 47.4 Å². The van der Waals surface area contributed by atoms with E-state index in [1.165, 1.54) is 4.57 Å². The molecule has 2 heterocycles. The number of nitriles is 1. The van der Waals surface area contributed by atoms with E-state index >= 15 is 0 Å². The Bertz CT molecular complexity index is 901. The third kappa shape index (κ3) is 2.65. The Hall–Kier alpha value is -2.84. The molecule has 0 saturated heterocycles. The van der Waals surface area contributed by atoms with Gasteiger partial charge in [0.1, 0.15) is 11.4 Å². The molecule has 0 bridgehead atoms. The van der Waals surface area contributed by atoms with Gasteiger partial charge in [-0.2, -0.15) is 5.26 Å². The molecular weight excluding hydrogens is 292 g/mol. The molecule has 0 radical (unpaired) electrons. The lowest BCUT2D eigenvalue weighted by Crippen LogP contribution is -2.32. The van der Waals surface area contributed by atoms with Crippen LogP contribution in [-0.4, -0.2) is 15.3 Å². The Kier molecular flexibility index (Phi) is 3.55. The van der Waals surface area contributed by atoms with Gasteiger partial charge in [-0.3, -0.25) is 9.36 Å². The Labute approximate surface area is 133 Å². The summed E-state index contributed by atoms with van der Waals surface area (Å²) in [5.41, 5.74) is 1.26. The average Bonchev–Trinajstić information content (AvgIpc) is 2.53. The van der Waals surface area contributed by atoms with E-state index in [4.69, 9.17) is 10.00 Å². The minimum absolute atomic E-state index is 0.285. The normalized spacial score (nSPS) is 15.1. The van der Waals surface area contributed by atoms with Crippen molar-refractivity contribution < 1.29 is 9.84 Å². The van der Waals surface area contributed by atoms with Crippen molar-refractivity contribution in [2.45, 2.75) is 26.1 Å². The number of rotatable bonds is 2. The first-order chi connectivity index (χ1) is 10.9. The minimum atomic E-state index is -0.592. The van der Waals surface area contributed by atoms with Gasteiger partial charge in [0.2, 0.25) is 0 Å². The predicted molar refractivity (Wildman–Crippen MR) is 85.9 cm³/mol. The van der Waals surface area contributed by atoms with Crippen LogP contribution < -0.4 is 10.3 Å². The fourth-order valence-electron chi connectivity index (χ4n) is 2.66. The van der Waals surface area contributed by atoms with Crippen LogP contribution in [0.4, 0.5) is 0 Å². The molecule has 1 aromatic heterocycles. The van der Waals surface area contributed by atoms with Crippen molar-refractivity contribution in [3.8, 4) is 11.8 Å². The zero-order valence-corrected chi connectivity index (χ0v) is 12.9. The molecule has 5 heteroatoms. The van der Waals surface area contributed by atoms with Crippen LogP contribution >= 0.6 is 0 Å². The molecule has 0 atom stereocenters. The van der Waals surface area contributed by atoms with E-state index in [9.17, 15) is 9.90 Å². The van der Waals surface area contributed by atoms with Crippen molar-refractivity contribution in [1.29, 1.82) is 5.26 Å². The molecule has 1 N–H and O–H groups in total. The lowest BCUT2D eigenvalue weighted by atomic mass is 9.97. The van der Waals surface area contributed by atoms with Crippen molar-refractivity contribution in [3.63, 3.8) is 0 Å². The van der Waals surface area contributed by atoms with Crippen LogP contribution in [0.25, 0.3) is 5.70 Å². The zero-order valence-electron chi connectivity index (χ0n) is 12.9. The van der Waals surface area contributed by atoms with E-state index in [0.717, 1.165) is 0 Å². The summed E-state index contributed by atoms with van der Waals surface area (Å²) < 4.78 is 7.40. The fourth-order valence-corrected chi connectivity index (χ4v) is 2.66. The van der Waals surface area contributed by atoms with Crippen LogP contribution in [0, 0.1) is 11.3 Å². The number of ether oxygens (including phenoxy) is 1. The van der Waals surface area contributed by atoms with E-state index in [1.54, 1.807) is 36.5 Å². The largest absolute Gasteiger partial charge is 0.483 e. The molecule has 23 heavy (non-hydrogen) atoms. The monoisotopic (exact) mass is 308 g/mol. The maximum atomic E-state index is 12.5. The van der Waals surface area contributed by atoms with Crippen molar-refractivity contribution in [2.24, 2.45) is 0 Å². The number of aromatic nitrogens is 1. The SMILES string of the molecule is CC1(C)C=C(n2cccc(CO)c2=O)c2cc(C#N)ccc2O1. The van der Waals surface area contributed by atoms with Gasteiger partial charge in [-0.25, -0.2) is 0 Å². The van der Waals surface area contributed by atoms with Crippen molar-refractivity contribution >= 4 is 5.70 Å². The number of hydrogen-bond acceptors (Lipinski definition) is 4. The van der Waals surface area contributed by atoms with Gasteiger partial charge in [0.15, 0.2) is 0 Å². The molecule has 2 aromatic rings. The Morgan fingerprint density at radius 3 is 2.83 bits per heavy atom. The molecule has 0 amide bonds. The first-order valence-corrected chi connectivity index (χ1v) is 7.23. The first-order valence-electron chi connectivity index (χ1n) is 7.23. The van der Waals surface area contributed by atoms with Crippen molar-refractivity contribution in [1.82, 2.24) is 4.57 Å². The molecular formula is C18H16N2O3. The van der Waals surface area contributed by atoms with Crippen LogP contribution in [0.3, 0.4) is 0 Å². The maximum absolute atomic E-state index is 12.5. The van der Waals surface area contributed by atoms with Gasteiger partial charge in [-0.05, 0) is 50.3 Å². The molecule has 5 nitrogen and oxygen atoms in total. The number of pyridine rings is 1. The molecule has 1 aromatic carbocycles. The third-order valence-electron chi connectivity index (χ3n) is 3.70. The highest BCUT2D eigenvalue weighted by atomic mass is 16.5. The van der Waals surface area contributed by atoms with Gasteiger partial charge in [-0.1, -0.05) is 0 Å². The van der Waals surface area contributed by atoms with Gasteiger partial charge in [0.25, 0.3) is 5.56 Å². The van der Waals surface area contributed by atoms with Crippen molar-refractivity contribution in [3.05, 3.63) is 69.6 Å². The standard InChI is InChI=1S/C18H16N2O3/c1-18(2)9-15(20-7-3-4-13(11-21)17(20)22)14-8-12(10-19)5-6-16(14)23-18/h3-9,21H,11H2,1-2H3. The summed E-state index contributed by atoms with van der Waals surface area (Å²) >= 11 is 0. The summed E-state index contributed by atoms with van der Waals surface area (Å²) in [4.78, 5) is 12.5. The molecule has 1 aliphatic rings. The lowest BCUT2D eigenvalue weighted by Gasteiger charge is -2.31. The van der Waals surface area contributed by atoms with E-state index in [-0.39, 0.29) is 12.2 Å². The van der Waals surface area contributed by atoms with Crippen LogP contribution in [-0.2, 0) is 6.61 Å².